The van der Waals surface area contributed by atoms with Crippen LogP contribution in [0.25, 0.3) is 0 Å². The van der Waals surface area contributed by atoms with E-state index in [1.807, 2.05) is 109 Å². The summed E-state index contributed by atoms with van der Waals surface area (Å²) in [7, 11) is 1.76. The molecule has 5 aromatic rings. The number of aryl methyl sites for hydroxylation is 2. The highest BCUT2D eigenvalue weighted by molar-refractivity contribution is 5.80. The first-order valence-electron chi connectivity index (χ1n) is 15.3. The molecule has 0 bridgehead atoms. The summed E-state index contributed by atoms with van der Waals surface area (Å²) in [6.07, 6.45) is 2.68. The van der Waals surface area contributed by atoms with Crippen molar-refractivity contribution in [2.45, 2.75) is 51.7 Å². The minimum Gasteiger partial charge on any atom is -0.476 e. The first kappa shape index (κ1) is 31.3. The van der Waals surface area contributed by atoms with Crippen molar-refractivity contribution >= 4 is 5.97 Å². The van der Waals surface area contributed by atoms with Gasteiger partial charge >= 0.3 is 11.7 Å². The second-order valence-electron chi connectivity index (χ2n) is 11.2. The summed E-state index contributed by atoms with van der Waals surface area (Å²) in [5.41, 5.74) is 1.75. The normalized spacial score (nSPS) is 12.3. The molecule has 0 aliphatic rings. The molecule has 0 aliphatic carbocycles. The third-order valence-corrected chi connectivity index (χ3v) is 7.56. The number of carbonyl (C=O) groups excluding carboxylic acids is 1. The van der Waals surface area contributed by atoms with Crippen LogP contribution in [-0.2, 0) is 42.4 Å². The average Bonchev–Trinajstić information content (AvgIpc) is 3.30. The summed E-state index contributed by atoms with van der Waals surface area (Å²) in [6.45, 7) is 4.20. The molecule has 232 valence electrons. The largest absolute Gasteiger partial charge is 0.476 e. The number of benzene rings is 4. The molecule has 0 N–H and O–H groups in total. The summed E-state index contributed by atoms with van der Waals surface area (Å²) in [6, 6.07) is 34.9. The lowest BCUT2D eigenvalue weighted by Gasteiger charge is -2.28. The van der Waals surface area contributed by atoms with Gasteiger partial charge in [0, 0.05) is 19.9 Å². The second kappa shape index (κ2) is 14.6. The van der Waals surface area contributed by atoms with Crippen molar-refractivity contribution in [1.29, 1.82) is 0 Å². The number of esters is 1. The Bertz CT molecular complexity index is 1750. The highest BCUT2D eigenvalue weighted by atomic mass is 16.6. The monoisotopic (exact) mass is 605 g/mol. The summed E-state index contributed by atoms with van der Waals surface area (Å²) in [4.78, 5) is 25.8. The van der Waals surface area contributed by atoms with Gasteiger partial charge in [0.05, 0.1) is 13.2 Å². The molecule has 0 saturated heterocycles. The number of aromatic nitrogens is 3. The smallest absolute Gasteiger partial charge is 0.350 e. The van der Waals surface area contributed by atoms with Gasteiger partial charge in [0.1, 0.15) is 23.1 Å². The van der Waals surface area contributed by atoms with Crippen molar-refractivity contribution in [3.05, 3.63) is 142 Å². The Morgan fingerprint density at radius 2 is 1.44 bits per heavy atom. The predicted molar refractivity (Wildman–Crippen MR) is 174 cm³/mol. The van der Waals surface area contributed by atoms with Crippen LogP contribution in [0.4, 0.5) is 0 Å². The Labute approximate surface area is 263 Å². The molecule has 1 atom stereocenters. The first-order chi connectivity index (χ1) is 21.8. The van der Waals surface area contributed by atoms with Crippen LogP contribution in [0.5, 0.6) is 17.2 Å². The van der Waals surface area contributed by atoms with Gasteiger partial charge in [-0.1, -0.05) is 72.8 Å². The fraction of sp³-hybridized carbons (Fsp3) is 0.270. The number of hydrogen-bond donors (Lipinski definition) is 0. The quantitative estimate of drug-likeness (QED) is 0.134. The molecule has 8 nitrogen and oxygen atoms in total. The minimum atomic E-state index is -1.15. The van der Waals surface area contributed by atoms with Crippen molar-refractivity contribution in [1.82, 2.24) is 14.3 Å². The third-order valence-electron chi connectivity index (χ3n) is 7.56. The molecule has 8 heteroatoms. The van der Waals surface area contributed by atoms with Crippen LogP contribution in [0.1, 0.15) is 42.8 Å². The number of ether oxygens (including phenoxy) is 3. The number of para-hydroxylation sites is 1. The minimum absolute atomic E-state index is 0.152. The highest BCUT2D eigenvalue weighted by Crippen LogP contribution is 2.25. The van der Waals surface area contributed by atoms with E-state index in [4.69, 9.17) is 14.2 Å². The average molecular weight is 606 g/mol. The lowest BCUT2D eigenvalue weighted by Crippen LogP contribution is -2.45. The Balaban J connectivity index is 1.17. The van der Waals surface area contributed by atoms with Crippen LogP contribution in [-0.4, -0.2) is 32.5 Å². The number of carbonyl (C=O) groups is 1. The zero-order valence-corrected chi connectivity index (χ0v) is 26.0. The second-order valence-corrected chi connectivity index (χ2v) is 11.2. The molecule has 1 aromatic heterocycles. The van der Waals surface area contributed by atoms with Crippen molar-refractivity contribution in [3.8, 4) is 17.2 Å². The molecule has 0 spiro atoms. The topological polar surface area (TPSA) is 84.6 Å². The SMILES string of the molecule is CCOC(=O)C(C)(Cc1ccccc1)Oc1ccc(CCCc2nn(Cc3cccc(Oc4ccccc4)c3)c(=O)n2C)cc1. The Kier molecular flexibility index (Phi) is 10.1. The van der Waals surface area contributed by atoms with Crippen LogP contribution in [0, 0.1) is 0 Å². The third kappa shape index (κ3) is 8.29. The Hall–Kier alpha value is -5.11. The molecule has 0 fully saturated rings. The molecule has 45 heavy (non-hydrogen) atoms. The summed E-state index contributed by atoms with van der Waals surface area (Å²) in [5.74, 6) is 2.41. The molecule has 5 rings (SSSR count). The van der Waals surface area contributed by atoms with E-state index in [1.54, 1.807) is 25.5 Å². The Morgan fingerprint density at radius 3 is 2.16 bits per heavy atom. The zero-order valence-electron chi connectivity index (χ0n) is 26.0. The van der Waals surface area contributed by atoms with E-state index < -0.39 is 11.6 Å². The molecular formula is C37H39N3O5. The molecule has 0 amide bonds. The van der Waals surface area contributed by atoms with E-state index >= 15 is 0 Å². The molecule has 1 heterocycles. The standard InChI is InChI=1S/C37H39N3O5/c1-4-43-35(41)37(2,26-29-13-7-5-8-14-29)45-32-23-21-28(22-24-32)15-12-20-34-38-40(36(42)39(34)3)27-30-16-11-19-33(25-30)44-31-17-9-6-10-18-31/h5-11,13-14,16-19,21-25H,4,12,15,20,26-27H2,1-3H3. The van der Waals surface area contributed by atoms with Crippen LogP contribution in [0.15, 0.2) is 114 Å². The Morgan fingerprint density at radius 1 is 0.778 bits per heavy atom. The molecule has 0 radical (unpaired) electrons. The van der Waals surface area contributed by atoms with E-state index in [9.17, 15) is 9.59 Å². The van der Waals surface area contributed by atoms with Crippen molar-refractivity contribution in [2.75, 3.05) is 6.61 Å². The van der Waals surface area contributed by atoms with Crippen molar-refractivity contribution in [3.63, 3.8) is 0 Å². The van der Waals surface area contributed by atoms with Gasteiger partial charge in [-0.15, -0.1) is 0 Å². The zero-order chi connectivity index (χ0) is 31.6. The van der Waals surface area contributed by atoms with Gasteiger partial charge in [0.25, 0.3) is 0 Å². The summed E-state index contributed by atoms with van der Waals surface area (Å²) >= 11 is 0. The van der Waals surface area contributed by atoms with Crippen molar-refractivity contribution in [2.24, 2.45) is 7.05 Å². The van der Waals surface area contributed by atoms with Gasteiger partial charge in [0.2, 0.25) is 5.60 Å². The lowest BCUT2D eigenvalue weighted by molar-refractivity contribution is -0.160. The van der Waals surface area contributed by atoms with Crippen molar-refractivity contribution < 1.29 is 19.0 Å². The maximum atomic E-state index is 12.9. The number of nitrogens with zero attached hydrogens (tertiary/aromatic N) is 3. The fourth-order valence-corrected chi connectivity index (χ4v) is 5.21. The molecule has 1 unspecified atom stereocenters. The van der Waals surface area contributed by atoms with Crippen LogP contribution in [0.2, 0.25) is 0 Å². The first-order valence-corrected chi connectivity index (χ1v) is 15.3. The maximum absolute atomic E-state index is 12.9. The molecular weight excluding hydrogens is 566 g/mol. The number of hydrogen-bond acceptors (Lipinski definition) is 6. The molecule has 0 aliphatic heterocycles. The van der Waals surface area contributed by atoms with E-state index in [1.165, 1.54) is 4.68 Å². The predicted octanol–water partition coefficient (Wildman–Crippen LogP) is 6.54. The summed E-state index contributed by atoms with van der Waals surface area (Å²) in [5, 5.41) is 4.63. The van der Waals surface area contributed by atoms with Crippen LogP contribution >= 0.6 is 0 Å². The van der Waals surface area contributed by atoms with Crippen LogP contribution < -0.4 is 15.2 Å². The van der Waals surface area contributed by atoms with E-state index in [-0.39, 0.29) is 12.3 Å². The van der Waals surface area contributed by atoms with E-state index in [0.717, 1.165) is 41.1 Å². The van der Waals surface area contributed by atoms with Gasteiger partial charge in [-0.3, -0.25) is 4.57 Å². The maximum Gasteiger partial charge on any atom is 0.350 e. The van der Waals surface area contributed by atoms with E-state index in [0.29, 0.717) is 30.9 Å². The van der Waals surface area contributed by atoms with Gasteiger partial charge in [-0.2, -0.15) is 5.10 Å². The summed E-state index contributed by atoms with van der Waals surface area (Å²) < 4.78 is 20.6. The van der Waals surface area contributed by atoms with E-state index in [2.05, 4.69) is 5.10 Å². The van der Waals surface area contributed by atoms with Gasteiger partial charge in [-0.25, -0.2) is 14.3 Å². The fourth-order valence-electron chi connectivity index (χ4n) is 5.21. The highest BCUT2D eigenvalue weighted by Gasteiger charge is 2.37. The van der Waals surface area contributed by atoms with Crippen LogP contribution in [0.3, 0.4) is 0 Å². The van der Waals surface area contributed by atoms with Gasteiger partial charge in [-0.05, 0) is 79.8 Å². The molecule has 4 aromatic carbocycles. The lowest BCUT2D eigenvalue weighted by atomic mass is 9.96. The number of rotatable bonds is 14. The van der Waals surface area contributed by atoms with Gasteiger partial charge in [0.15, 0.2) is 0 Å². The molecule has 0 saturated carbocycles. The van der Waals surface area contributed by atoms with Gasteiger partial charge < -0.3 is 14.2 Å².